The van der Waals surface area contributed by atoms with Crippen LogP contribution in [0.15, 0.2) is 221 Å². The number of halogens is 3. The summed E-state index contributed by atoms with van der Waals surface area (Å²) in [5.74, 6) is 0. The number of cyclic esters (lactones) is 3. The number of hydrogen-bond acceptors (Lipinski definition) is 23. The number of H-pyrrole nitrogens is 4. The Morgan fingerprint density at radius 1 is 0.397 bits per heavy atom. The third kappa shape index (κ3) is 27.7. The number of benzene rings is 11. The van der Waals surface area contributed by atoms with Crippen molar-refractivity contribution in [2.24, 2.45) is 0 Å². The zero-order chi connectivity index (χ0) is 95.6. The van der Waals surface area contributed by atoms with Crippen LogP contribution >= 0.6 is 47.8 Å². The number of aromatic amines is 4. The molecule has 17 N–H and O–H groups in total. The van der Waals surface area contributed by atoms with Gasteiger partial charge in [0.15, 0.2) is 0 Å². The molecule has 0 aliphatic carbocycles. The van der Waals surface area contributed by atoms with E-state index in [0.29, 0.717) is 86.5 Å². The minimum absolute atomic E-state index is 0.0263. The van der Waals surface area contributed by atoms with E-state index in [1.54, 1.807) is 19.1 Å². The van der Waals surface area contributed by atoms with Crippen LogP contribution in [-0.2, 0) is 86.5 Å². The molecule has 0 saturated heterocycles. The van der Waals surface area contributed by atoms with E-state index in [1.807, 2.05) is 178 Å². The normalized spacial score (nSPS) is 11.9. The van der Waals surface area contributed by atoms with E-state index in [1.165, 1.54) is 34.4 Å². The summed E-state index contributed by atoms with van der Waals surface area (Å²) in [7, 11) is 7.94. The molecule has 11 aromatic carbocycles. The van der Waals surface area contributed by atoms with Gasteiger partial charge in [-0.05, 0) is 204 Å². The smallest absolute Gasteiger partial charge is 0.412 e. The summed E-state index contributed by atoms with van der Waals surface area (Å²) in [5, 5.41) is 41.4. The molecule has 5 heterocycles. The largest absolute Gasteiger partial charge is 0.444 e. The summed E-state index contributed by atoms with van der Waals surface area (Å²) in [6, 6.07) is 60.1. The molecule has 131 heavy (non-hydrogen) atoms. The van der Waals surface area contributed by atoms with E-state index >= 15 is 0 Å². The molecule has 0 spiro atoms. The molecule has 0 saturated carbocycles. The van der Waals surface area contributed by atoms with Crippen molar-refractivity contribution in [3.63, 3.8) is 0 Å². The van der Waals surface area contributed by atoms with Crippen molar-refractivity contribution in [3.05, 3.63) is 369 Å². The van der Waals surface area contributed by atoms with Gasteiger partial charge >= 0.3 is 40.5 Å². The van der Waals surface area contributed by atoms with E-state index in [2.05, 4.69) is 166 Å². The van der Waals surface area contributed by atoms with Gasteiger partial charge in [0.1, 0.15) is 31.2 Å². The number of aryl methyl sites for hydroxylation is 5. The van der Waals surface area contributed by atoms with Crippen LogP contribution in [0.5, 0.6) is 0 Å². The van der Waals surface area contributed by atoms with Crippen molar-refractivity contribution in [1.29, 1.82) is 0 Å². The van der Waals surface area contributed by atoms with Gasteiger partial charge in [-0.3, -0.25) is 70.1 Å². The Balaban J connectivity index is 0.000000171. The molecule has 0 fully saturated rings. The Labute approximate surface area is 781 Å². The number of anilines is 7. The van der Waals surface area contributed by atoms with Gasteiger partial charge in [0, 0.05) is 105 Å². The molecule has 0 atom stereocenters. The van der Waals surface area contributed by atoms with Crippen LogP contribution < -0.4 is 66.4 Å². The first kappa shape index (κ1) is 101. The van der Waals surface area contributed by atoms with Gasteiger partial charge in [0.2, 0.25) is 0 Å². The highest BCUT2D eigenvalue weighted by Gasteiger charge is 2.29. The number of rotatable bonds is 17. The standard InChI is InChI=1S/C18H19N3O2.C16H18BrN3O2.C16H21N3.C11H13N3O2.C9H7BrN2O4.C9H8BrNO2.C9H9NO2.C8H11NO/c1-12-8-9-15-16(20-18(23)17(22)19-15)14(12)11-21(2)10-13-6-4-3-5-7-13;1-11-13(16(18)15(20(21)22)8-14(11)17)10-19(2)9-12-6-4-3-5-7-12;1-12-8-9-15(17)16(18)14(12)11-19(2)10-13-6-4-3-5-7-13;1-6-3-4-8-9(7(6)5-12-2)14-11(16)10(15)13-8;1-4-5-3-16-9(13)11-8(5)7(12(14)15)2-6(4)10;1-5-6-4-13-9(12)11-8(6)3-2-7(5)10;1-6-3-2-4-8-7(6)5-12-9(11)10-8;1-6-3-2-4-8(9)7(6)5-10/h3-9H,10-11H2,1-2H3,(H,19,22)(H,20,23);3-8H,9-10,18H2,1-2H3;3-9H,10-11,17-18H2,1-2H3;3-4,12H,5H2,1-2H3,(H,13,15)(H,14,16);2H,3H2,1H3,(H,11,13);2-3H,4H2,1H3,(H,11,12);2-4H,5H2,1H3,(H,10,11);2-4,10H,5,9H2,1H3. The summed E-state index contributed by atoms with van der Waals surface area (Å²) in [6.45, 7) is 21.6. The first-order valence-electron chi connectivity index (χ1n) is 41.1. The van der Waals surface area contributed by atoms with E-state index in [9.17, 15) is 53.8 Å². The lowest BCUT2D eigenvalue weighted by Gasteiger charge is -2.20. The number of aromatic nitrogens is 4. The number of nitro benzene ring substituents is 2. The fourth-order valence-electron chi connectivity index (χ4n) is 14.2. The third-order valence-electron chi connectivity index (χ3n) is 21.6. The monoisotopic (exact) mass is 1970 g/mol. The van der Waals surface area contributed by atoms with Crippen molar-refractivity contribution in [3.8, 4) is 0 Å². The Kier molecular flexibility index (Phi) is 36.7. The highest BCUT2D eigenvalue weighted by Crippen LogP contribution is 2.40. The second-order valence-corrected chi connectivity index (χ2v) is 33.8. The average Bonchev–Trinajstić information content (AvgIpc) is 0.759. The Morgan fingerprint density at radius 2 is 0.802 bits per heavy atom. The Morgan fingerprint density at radius 3 is 1.30 bits per heavy atom. The number of hydrogen-bond donors (Lipinski definition) is 13. The number of nitrogen functional groups attached to an aromatic ring is 4. The quantitative estimate of drug-likeness (QED) is 0.0132. The van der Waals surface area contributed by atoms with Gasteiger partial charge in [-0.1, -0.05) is 181 Å². The summed E-state index contributed by atoms with van der Waals surface area (Å²) >= 11 is 10.0. The minimum atomic E-state index is -0.669. The maximum atomic E-state index is 11.7. The van der Waals surface area contributed by atoms with Crippen molar-refractivity contribution in [1.82, 2.24) is 40.0 Å². The van der Waals surface area contributed by atoms with Gasteiger partial charge in [-0.25, -0.2) is 14.4 Å². The topological polar surface area (TPSA) is 479 Å². The number of fused-ring (bicyclic) bond motifs is 5. The van der Waals surface area contributed by atoms with Crippen LogP contribution in [0, 0.1) is 75.6 Å². The molecule has 3 amide bonds. The SMILES string of the molecule is CNCc1c(C)ccc2[nH]c(=O)c(=O)[nH]c12.Cc1c(Br)cc([N+](=O)[O-])c(N)c1CN(C)Cc1ccccc1.Cc1c(Br)cc([N+](=O)[O-])c2c1COC(=O)N2.Cc1c(Br)ccc2c1COC(=O)N2.Cc1ccc(N)c(N)c1CN(C)Cc1ccccc1.Cc1ccc2[nH]c(=O)c(=O)[nH]c2c1CN(C)Cc1ccccc1.Cc1cccc(N)c1CO.Cc1cccc2c1COC(=O)N2. The molecule has 13 aromatic rings. The molecule has 686 valence electrons. The number of carbonyl (C=O) groups excluding carboxylic acids is 3. The lowest BCUT2D eigenvalue weighted by atomic mass is 10.0. The molecule has 0 bridgehead atoms. The number of nitrogens with one attached hydrogen (secondary N) is 8. The first-order valence-corrected chi connectivity index (χ1v) is 43.5. The summed E-state index contributed by atoms with van der Waals surface area (Å²) in [6.07, 6.45) is -1.42. The Hall–Kier alpha value is -13.7. The zero-order valence-electron chi connectivity index (χ0n) is 74.5. The van der Waals surface area contributed by atoms with Crippen LogP contribution in [0.1, 0.15) is 106 Å². The van der Waals surface area contributed by atoms with Crippen molar-refractivity contribution in [2.75, 3.05) is 67.1 Å². The maximum Gasteiger partial charge on any atom is 0.412 e. The highest BCUT2D eigenvalue weighted by atomic mass is 79.9. The van der Waals surface area contributed by atoms with Crippen LogP contribution in [0.4, 0.5) is 65.6 Å². The molecule has 35 heteroatoms. The molecule has 3 aliphatic heterocycles. The first-order chi connectivity index (χ1) is 62.4. The lowest BCUT2D eigenvalue weighted by molar-refractivity contribution is -0.384. The van der Waals surface area contributed by atoms with Gasteiger partial charge < -0.3 is 67.5 Å². The second kappa shape index (κ2) is 47.6. The van der Waals surface area contributed by atoms with Gasteiger partial charge in [-0.15, -0.1) is 0 Å². The number of nitrogens with zero attached hydrogens (tertiary/aromatic N) is 5. The highest BCUT2D eigenvalue weighted by molar-refractivity contribution is 9.11. The number of nitrogens with two attached hydrogens (primary N) is 4. The third-order valence-corrected chi connectivity index (χ3v) is 24.1. The van der Waals surface area contributed by atoms with Crippen molar-refractivity contribution < 1.29 is 43.5 Å². The number of ether oxygens (including phenoxy) is 3. The van der Waals surface area contributed by atoms with Crippen molar-refractivity contribution in [2.45, 2.75) is 128 Å². The van der Waals surface area contributed by atoms with E-state index in [0.717, 1.165) is 120 Å². The fourth-order valence-corrected chi connectivity index (χ4v) is 15.5. The van der Waals surface area contributed by atoms with Crippen LogP contribution in [-0.4, -0.2) is 96.1 Å². The van der Waals surface area contributed by atoms with E-state index < -0.39 is 38.2 Å². The summed E-state index contributed by atoms with van der Waals surface area (Å²) < 4.78 is 16.8. The second-order valence-electron chi connectivity index (χ2n) is 31.2. The molecule has 32 nitrogen and oxygen atoms in total. The number of aliphatic hydroxyl groups excluding tert-OH is 1. The fraction of sp³-hybridized carbons (Fsp3) is 0.240. The summed E-state index contributed by atoms with van der Waals surface area (Å²) in [5.41, 5.74) is 47.4. The number of carbonyl (C=O) groups is 3. The predicted molar refractivity (Wildman–Crippen MR) is 526 cm³/mol. The summed E-state index contributed by atoms with van der Waals surface area (Å²) in [4.78, 5) is 116. The molecule has 2 aromatic heterocycles. The maximum absolute atomic E-state index is 11.7. The molecular formula is C96H106Br3N17O15. The number of aliphatic hydroxyl groups is 1. The van der Waals surface area contributed by atoms with Crippen LogP contribution in [0.25, 0.3) is 22.1 Å². The lowest BCUT2D eigenvalue weighted by Crippen LogP contribution is -2.29. The molecular weight excluding hydrogens is 1870 g/mol. The number of amides is 3. The molecule has 0 radical (unpaired) electrons. The van der Waals surface area contributed by atoms with E-state index in [-0.39, 0.29) is 48.1 Å². The molecule has 0 unspecified atom stereocenters. The number of nitro groups is 2. The minimum Gasteiger partial charge on any atom is -0.444 e. The predicted octanol–water partition coefficient (Wildman–Crippen LogP) is 17.7. The molecule has 3 aliphatic rings. The van der Waals surface area contributed by atoms with Gasteiger partial charge in [0.05, 0.1) is 61.3 Å². The Bertz CT molecular complexity index is 6540. The van der Waals surface area contributed by atoms with E-state index in [4.69, 9.17) is 42.3 Å². The zero-order valence-corrected chi connectivity index (χ0v) is 79.3. The molecule has 16 rings (SSSR count). The van der Waals surface area contributed by atoms with Crippen LogP contribution in [0.3, 0.4) is 0 Å². The van der Waals surface area contributed by atoms with Crippen LogP contribution in [0.2, 0.25) is 0 Å². The van der Waals surface area contributed by atoms with Gasteiger partial charge in [0.25, 0.3) is 11.4 Å². The average molecular weight is 1980 g/mol. The van der Waals surface area contributed by atoms with Crippen molar-refractivity contribution >= 4 is 139 Å². The van der Waals surface area contributed by atoms with Gasteiger partial charge in [-0.2, -0.15) is 0 Å².